The molecule has 0 atom stereocenters. The normalized spacial score (nSPS) is 10.0. The smallest absolute Gasteiger partial charge is 0.323 e. The summed E-state index contributed by atoms with van der Waals surface area (Å²) in [7, 11) is 1.65. The van der Waals surface area contributed by atoms with Crippen molar-refractivity contribution in [3.63, 3.8) is 0 Å². The van der Waals surface area contributed by atoms with Gasteiger partial charge in [0.25, 0.3) is 5.91 Å². The molecule has 0 fully saturated rings. The van der Waals surface area contributed by atoms with E-state index >= 15 is 0 Å². The number of aliphatic carboxylic acids is 1. The molecule has 0 bridgehead atoms. The van der Waals surface area contributed by atoms with Gasteiger partial charge in [-0.25, -0.2) is 0 Å². The van der Waals surface area contributed by atoms with E-state index in [0.717, 1.165) is 0 Å². The van der Waals surface area contributed by atoms with Crippen molar-refractivity contribution in [2.75, 3.05) is 13.1 Å². The van der Waals surface area contributed by atoms with E-state index in [-0.39, 0.29) is 19.0 Å². The zero-order valence-electron chi connectivity index (χ0n) is 9.88. The van der Waals surface area contributed by atoms with Crippen LogP contribution in [0.4, 0.5) is 0 Å². The second-order valence-corrected chi connectivity index (χ2v) is 3.66. The number of carboxylic acids is 1. The fraction of sp³-hybridized carbons (Fsp3) is 0.364. The Morgan fingerprint density at radius 1 is 1.65 bits per heavy atom. The molecule has 1 rings (SSSR count). The Morgan fingerprint density at radius 3 is 2.71 bits per heavy atom. The van der Waals surface area contributed by atoms with E-state index in [4.69, 9.17) is 5.11 Å². The predicted molar refractivity (Wildman–Crippen MR) is 61.7 cm³/mol. The van der Waals surface area contributed by atoms with Crippen LogP contribution >= 0.6 is 0 Å². The molecule has 0 spiro atoms. The minimum atomic E-state index is -1.06. The summed E-state index contributed by atoms with van der Waals surface area (Å²) < 4.78 is 1.44. The van der Waals surface area contributed by atoms with Gasteiger partial charge in [0.15, 0.2) is 0 Å². The Hall–Kier alpha value is -2.11. The van der Waals surface area contributed by atoms with Crippen molar-refractivity contribution in [3.8, 4) is 0 Å². The molecule has 0 aliphatic carbocycles. The van der Waals surface area contributed by atoms with Gasteiger partial charge in [-0.3, -0.25) is 14.3 Å². The van der Waals surface area contributed by atoms with Crippen LogP contribution in [-0.4, -0.2) is 44.8 Å². The van der Waals surface area contributed by atoms with E-state index in [0.29, 0.717) is 11.4 Å². The molecule has 0 saturated carbocycles. The molecule has 0 aromatic carbocycles. The molecule has 6 nitrogen and oxygen atoms in total. The van der Waals surface area contributed by atoms with E-state index < -0.39 is 5.97 Å². The second-order valence-electron chi connectivity index (χ2n) is 3.66. The topological polar surface area (TPSA) is 75.4 Å². The number of carbonyl (C=O) groups excluding carboxylic acids is 1. The van der Waals surface area contributed by atoms with Crippen LogP contribution in [0.25, 0.3) is 0 Å². The van der Waals surface area contributed by atoms with E-state index in [1.165, 1.54) is 15.7 Å². The monoisotopic (exact) mass is 237 g/mol. The quantitative estimate of drug-likeness (QED) is 0.754. The first-order valence-electron chi connectivity index (χ1n) is 5.08. The van der Waals surface area contributed by atoms with Crippen LogP contribution in [0.3, 0.4) is 0 Å². The molecule has 6 heteroatoms. The van der Waals surface area contributed by atoms with Gasteiger partial charge in [0.2, 0.25) is 0 Å². The number of aromatic nitrogens is 2. The highest BCUT2D eigenvalue weighted by Crippen LogP contribution is 2.06. The lowest BCUT2D eigenvalue weighted by Crippen LogP contribution is -2.36. The summed E-state index contributed by atoms with van der Waals surface area (Å²) in [6, 6.07) is 1.63. The third-order valence-electron chi connectivity index (χ3n) is 2.18. The Labute approximate surface area is 99.1 Å². The third kappa shape index (κ3) is 3.17. The van der Waals surface area contributed by atoms with Gasteiger partial charge in [-0.15, -0.1) is 6.58 Å². The molecule has 0 unspecified atom stereocenters. The number of nitrogens with zero attached hydrogens (tertiary/aromatic N) is 3. The fourth-order valence-corrected chi connectivity index (χ4v) is 1.51. The van der Waals surface area contributed by atoms with E-state index in [1.54, 1.807) is 20.0 Å². The Bertz CT molecular complexity index is 451. The molecule has 92 valence electrons. The van der Waals surface area contributed by atoms with Crippen LogP contribution in [0.1, 0.15) is 16.2 Å². The molecule has 1 aromatic heterocycles. The highest BCUT2D eigenvalue weighted by molar-refractivity contribution is 5.94. The van der Waals surface area contributed by atoms with E-state index in [2.05, 4.69) is 11.7 Å². The van der Waals surface area contributed by atoms with E-state index in [9.17, 15) is 9.59 Å². The van der Waals surface area contributed by atoms with Gasteiger partial charge in [-0.2, -0.15) is 5.10 Å². The van der Waals surface area contributed by atoms with Crippen molar-refractivity contribution >= 4 is 11.9 Å². The SMILES string of the molecule is C=CCN(CC(=O)O)C(=O)c1cc(C)nn1C. The number of hydrogen-bond acceptors (Lipinski definition) is 3. The first kappa shape index (κ1) is 13.0. The lowest BCUT2D eigenvalue weighted by Gasteiger charge is -2.18. The summed E-state index contributed by atoms with van der Waals surface area (Å²) in [5.41, 5.74) is 1.08. The van der Waals surface area contributed by atoms with Crippen LogP contribution in [0.5, 0.6) is 0 Å². The summed E-state index contributed by atoms with van der Waals surface area (Å²) in [5.74, 6) is -1.42. The Morgan fingerprint density at radius 2 is 2.29 bits per heavy atom. The molecular formula is C11H15N3O3. The third-order valence-corrected chi connectivity index (χ3v) is 2.18. The van der Waals surface area contributed by atoms with Gasteiger partial charge in [0.05, 0.1) is 5.69 Å². The van der Waals surface area contributed by atoms with Crippen molar-refractivity contribution in [2.24, 2.45) is 7.05 Å². The molecule has 0 aliphatic rings. The minimum absolute atomic E-state index is 0.190. The van der Waals surface area contributed by atoms with Crippen molar-refractivity contribution in [1.29, 1.82) is 0 Å². The molecule has 17 heavy (non-hydrogen) atoms. The molecule has 0 aliphatic heterocycles. The van der Waals surface area contributed by atoms with Gasteiger partial charge >= 0.3 is 5.97 Å². The number of amides is 1. The molecule has 0 saturated heterocycles. The largest absolute Gasteiger partial charge is 0.480 e. The van der Waals surface area contributed by atoms with Crippen LogP contribution in [0.2, 0.25) is 0 Å². The van der Waals surface area contributed by atoms with Crippen LogP contribution in [0, 0.1) is 6.92 Å². The molecule has 1 heterocycles. The van der Waals surface area contributed by atoms with Crippen molar-refractivity contribution in [2.45, 2.75) is 6.92 Å². The number of hydrogen-bond donors (Lipinski definition) is 1. The van der Waals surface area contributed by atoms with Crippen molar-refractivity contribution in [1.82, 2.24) is 14.7 Å². The summed E-state index contributed by atoms with van der Waals surface area (Å²) >= 11 is 0. The zero-order chi connectivity index (χ0) is 13.0. The van der Waals surface area contributed by atoms with Crippen molar-refractivity contribution in [3.05, 3.63) is 30.1 Å². The average molecular weight is 237 g/mol. The van der Waals surface area contributed by atoms with Crippen molar-refractivity contribution < 1.29 is 14.7 Å². The minimum Gasteiger partial charge on any atom is -0.480 e. The highest BCUT2D eigenvalue weighted by Gasteiger charge is 2.20. The number of aryl methyl sites for hydroxylation is 2. The summed E-state index contributed by atoms with van der Waals surface area (Å²) in [6.07, 6.45) is 1.49. The van der Waals surface area contributed by atoms with Crippen LogP contribution < -0.4 is 0 Å². The van der Waals surface area contributed by atoms with Gasteiger partial charge in [-0.05, 0) is 13.0 Å². The summed E-state index contributed by atoms with van der Waals surface area (Å²) in [4.78, 5) is 23.9. The Balaban J connectivity index is 2.94. The molecule has 1 N–H and O–H groups in total. The molecular weight excluding hydrogens is 222 g/mol. The number of carbonyl (C=O) groups is 2. The first-order valence-corrected chi connectivity index (χ1v) is 5.08. The summed E-state index contributed by atoms with van der Waals surface area (Å²) in [5, 5.41) is 12.8. The van der Waals surface area contributed by atoms with Crippen LogP contribution in [0.15, 0.2) is 18.7 Å². The maximum atomic E-state index is 12.1. The highest BCUT2D eigenvalue weighted by atomic mass is 16.4. The molecule has 0 radical (unpaired) electrons. The zero-order valence-corrected chi connectivity index (χ0v) is 9.88. The predicted octanol–water partition coefficient (Wildman–Crippen LogP) is 0.441. The second kappa shape index (κ2) is 5.29. The number of rotatable bonds is 5. The van der Waals surface area contributed by atoms with E-state index in [1.807, 2.05) is 0 Å². The van der Waals surface area contributed by atoms with Gasteiger partial charge in [0, 0.05) is 13.6 Å². The lowest BCUT2D eigenvalue weighted by molar-refractivity contribution is -0.137. The lowest BCUT2D eigenvalue weighted by atomic mass is 10.3. The number of carboxylic acid groups (broad SMARTS) is 1. The Kier molecular flexibility index (Phi) is 4.03. The molecule has 1 aromatic rings. The maximum Gasteiger partial charge on any atom is 0.323 e. The average Bonchev–Trinajstić information content (AvgIpc) is 2.55. The van der Waals surface area contributed by atoms with Gasteiger partial charge in [-0.1, -0.05) is 6.08 Å². The fourth-order valence-electron chi connectivity index (χ4n) is 1.51. The standard InChI is InChI=1S/C11H15N3O3/c1-4-5-14(7-10(15)16)11(17)9-6-8(2)12-13(9)3/h4,6H,1,5,7H2,2-3H3,(H,15,16). The molecule has 1 amide bonds. The maximum absolute atomic E-state index is 12.1. The summed E-state index contributed by atoms with van der Waals surface area (Å²) in [6.45, 7) is 5.11. The first-order chi connectivity index (χ1) is 7.95. The van der Waals surface area contributed by atoms with Crippen LogP contribution in [-0.2, 0) is 11.8 Å². The van der Waals surface area contributed by atoms with Gasteiger partial charge in [0.1, 0.15) is 12.2 Å². The van der Waals surface area contributed by atoms with Gasteiger partial charge < -0.3 is 10.0 Å².